The van der Waals surface area contributed by atoms with Gasteiger partial charge in [0.05, 0.1) is 17.1 Å². The zero-order chi connectivity index (χ0) is 15.9. The van der Waals surface area contributed by atoms with E-state index in [1.54, 1.807) is 0 Å². The highest BCUT2D eigenvalue weighted by molar-refractivity contribution is 9.10. The fourth-order valence-electron chi connectivity index (χ4n) is 2.57. The Morgan fingerprint density at radius 3 is 2.95 bits per heavy atom. The first kappa shape index (κ1) is 14.9. The average Bonchev–Trinajstić information content (AvgIpc) is 2.80. The van der Waals surface area contributed by atoms with E-state index in [0.717, 1.165) is 16.1 Å². The first-order valence-electron chi connectivity index (χ1n) is 6.64. The molecule has 1 aliphatic carbocycles. The highest BCUT2D eigenvalue weighted by Gasteiger charge is 2.45. The maximum atomic E-state index is 13.0. The number of aryl methyl sites for hydroxylation is 1. The zero-order valence-corrected chi connectivity index (χ0v) is 13.0. The van der Waals surface area contributed by atoms with Crippen molar-refractivity contribution < 1.29 is 14.3 Å². The Kier molecular flexibility index (Phi) is 3.62. The number of amides is 1. The van der Waals surface area contributed by atoms with Crippen molar-refractivity contribution >= 4 is 33.2 Å². The summed E-state index contributed by atoms with van der Waals surface area (Å²) in [4.78, 5) is 16.6. The van der Waals surface area contributed by atoms with E-state index in [9.17, 15) is 14.3 Å². The molecule has 4 N–H and O–H groups in total. The number of fused-ring (bicyclic) bond motifs is 1. The number of hydrogen-bond acceptors (Lipinski definition) is 4. The summed E-state index contributed by atoms with van der Waals surface area (Å²) in [5.74, 6) is -1.12. The molecule has 0 aliphatic heterocycles. The number of nitrogens with zero attached hydrogens (tertiary/aromatic N) is 1. The van der Waals surface area contributed by atoms with E-state index in [-0.39, 0.29) is 17.8 Å². The molecule has 1 atom stereocenters. The Hall–Kier alpha value is -1.99. The Labute approximate surface area is 134 Å². The molecular weight excluding hydrogens is 353 g/mol. The molecule has 2 aromatic rings. The number of nitrogens with one attached hydrogen (secondary N) is 1. The molecule has 114 valence electrons. The number of hydrogen-bond donors (Lipinski definition) is 3. The molecule has 1 heterocycles. The number of nitrogens with two attached hydrogens (primary N) is 1. The SMILES string of the molecule is Nc1cc(F)ccc1NC(=O)C1(O)CCc2cc(Br)cnc21. The summed E-state index contributed by atoms with van der Waals surface area (Å²) in [6.45, 7) is 0. The van der Waals surface area contributed by atoms with Gasteiger partial charge in [-0.2, -0.15) is 0 Å². The summed E-state index contributed by atoms with van der Waals surface area (Å²) < 4.78 is 13.8. The van der Waals surface area contributed by atoms with Gasteiger partial charge in [0.25, 0.3) is 5.91 Å². The van der Waals surface area contributed by atoms with Crippen molar-refractivity contribution in [1.82, 2.24) is 4.98 Å². The largest absolute Gasteiger partial charge is 0.397 e. The van der Waals surface area contributed by atoms with Crippen molar-refractivity contribution in [2.45, 2.75) is 18.4 Å². The minimum atomic E-state index is -1.71. The molecule has 0 bridgehead atoms. The summed E-state index contributed by atoms with van der Waals surface area (Å²) in [7, 11) is 0. The van der Waals surface area contributed by atoms with Crippen LogP contribution in [0, 0.1) is 5.82 Å². The van der Waals surface area contributed by atoms with E-state index in [1.165, 1.54) is 18.3 Å². The number of pyridine rings is 1. The molecule has 1 unspecified atom stereocenters. The van der Waals surface area contributed by atoms with Gasteiger partial charge in [-0.25, -0.2) is 4.39 Å². The number of anilines is 2. The monoisotopic (exact) mass is 365 g/mol. The number of rotatable bonds is 2. The van der Waals surface area contributed by atoms with Gasteiger partial charge in [0.1, 0.15) is 5.82 Å². The summed E-state index contributed by atoms with van der Waals surface area (Å²) in [5.41, 5.74) is 5.47. The number of carbonyl (C=O) groups excluding carboxylic acids is 1. The van der Waals surface area contributed by atoms with Gasteiger partial charge in [-0.1, -0.05) is 0 Å². The third-order valence-electron chi connectivity index (χ3n) is 3.72. The fraction of sp³-hybridized carbons (Fsp3) is 0.200. The van der Waals surface area contributed by atoms with Crippen molar-refractivity contribution in [3.05, 3.63) is 52.0 Å². The second-order valence-electron chi connectivity index (χ2n) is 5.21. The van der Waals surface area contributed by atoms with Crippen LogP contribution < -0.4 is 11.1 Å². The van der Waals surface area contributed by atoms with Crippen LogP contribution in [0.4, 0.5) is 15.8 Å². The number of aliphatic hydroxyl groups is 1. The Balaban J connectivity index is 1.90. The van der Waals surface area contributed by atoms with E-state index >= 15 is 0 Å². The molecule has 0 saturated heterocycles. The molecule has 1 amide bonds. The van der Waals surface area contributed by atoms with Crippen molar-refractivity contribution in [2.75, 3.05) is 11.1 Å². The maximum absolute atomic E-state index is 13.0. The second-order valence-corrected chi connectivity index (χ2v) is 6.12. The van der Waals surface area contributed by atoms with Gasteiger partial charge in [-0.15, -0.1) is 0 Å². The van der Waals surface area contributed by atoms with Crippen molar-refractivity contribution in [2.24, 2.45) is 0 Å². The van der Waals surface area contributed by atoms with Crippen LogP contribution >= 0.6 is 15.9 Å². The van der Waals surface area contributed by atoms with Crippen molar-refractivity contribution in [1.29, 1.82) is 0 Å². The number of aromatic nitrogens is 1. The highest BCUT2D eigenvalue weighted by Crippen LogP contribution is 2.37. The number of benzene rings is 1. The van der Waals surface area contributed by atoms with Crippen LogP contribution in [0.2, 0.25) is 0 Å². The smallest absolute Gasteiger partial charge is 0.262 e. The first-order valence-corrected chi connectivity index (χ1v) is 7.43. The molecule has 0 spiro atoms. The minimum absolute atomic E-state index is 0.0962. The molecule has 0 radical (unpaired) electrons. The lowest BCUT2D eigenvalue weighted by atomic mass is 9.99. The fourth-order valence-corrected chi connectivity index (χ4v) is 2.95. The normalized spacial score (nSPS) is 19.8. The summed E-state index contributed by atoms with van der Waals surface area (Å²) in [6.07, 6.45) is 2.32. The molecule has 1 aromatic carbocycles. The Morgan fingerprint density at radius 1 is 1.45 bits per heavy atom. The van der Waals surface area contributed by atoms with Gasteiger partial charge in [0.15, 0.2) is 5.60 Å². The zero-order valence-electron chi connectivity index (χ0n) is 11.4. The third kappa shape index (κ3) is 2.46. The molecule has 1 aromatic heterocycles. The van der Waals surface area contributed by atoms with Gasteiger partial charge in [-0.3, -0.25) is 9.78 Å². The van der Waals surface area contributed by atoms with Gasteiger partial charge in [0.2, 0.25) is 0 Å². The van der Waals surface area contributed by atoms with E-state index in [2.05, 4.69) is 26.2 Å². The Morgan fingerprint density at radius 2 is 2.23 bits per heavy atom. The van der Waals surface area contributed by atoms with Crippen LogP contribution in [0.25, 0.3) is 0 Å². The molecule has 0 saturated carbocycles. The van der Waals surface area contributed by atoms with E-state index in [4.69, 9.17) is 5.73 Å². The molecule has 5 nitrogen and oxygen atoms in total. The van der Waals surface area contributed by atoms with Gasteiger partial charge in [0, 0.05) is 10.7 Å². The predicted octanol–water partition coefficient (Wildman–Crippen LogP) is 2.34. The average molecular weight is 366 g/mol. The Bertz CT molecular complexity index is 768. The molecule has 3 rings (SSSR count). The standard InChI is InChI=1S/C15H13BrFN3O2/c16-9-5-8-3-4-15(22,13(8)19-7-9)14(21)20-12-2-1-10(17)6-11(12)18/h1-2,5-7,22H,3-4,18H2,(H,20,21). The summed E-state index contributed by atoms with van der Waals surface area (Å²) in [6, 6.07) is 5.49. The lowest BCUT2D eigenvalue weighted by Gasteiger charge is -2.22. The number of nitrogen functional groups attached to an aromatic ring is 1. The molecular formula is C15H13BrFN3O2. The molecule has 22 heavy (non-hydrogen) atoms. The molecule has 1 aliphatic rings. The van der Waals surface area contributed by atoms with Gasteiger partial charge < -0.3 is 16.2 Å². The van der Waals surface area contributed by atoms with E-state index < -0.39 is 17.3 Å². The van der Waals surface area contributed by atoms with Crippen LogP contribution in [-0.4, -0.2) is 16.0 Å². The topological polar surface area (TPSA) is 88.2 Å². The number of halogens is 2. The van der Waals surface area contributed by atoms with Crippen LogP contribution in [0.15, 0.2) is 34.9 Å². The van der Waals surface area contributed by atoms with E-state index in [1.807, 2.05) is 6.07 Å². The quantitative estimate of drug-likeness (QED) is 0.712. The second kappa shape index (κ2) is 5.33. The van der Waals surface area contributed by atoms with Crippen molar-refractivity contribution in [3.63, 3.8) is 0 Å². The summed E-state index contributed by atoms with van der Waals surface area (Å²) in [5, 5.41) is 13.2. The third-order valence-corrected chi connectivity index (χ3v) is 4.15. The van der Waals surface area contributed by atoms with Crippen LogP contribution in [0.3, 0.4) is 0 Å². The maximum Gasteiger partial charge on any atom is 0.262 e. The first-order chi connectivity index (χ1) is 10.4. The minimum Gasteiger partial charge on any atom is -0.397 e. The van der Waals surface area contributed by atoms with E-state index in [0.29, 0.717) is 12.1 Å². The molecule has 0 fully saturated rings. The summed E-state index contributed by atoms with van der Waals surface area (Å²) >= 11 is 3.31. The highest BCUT2D eigenvalue weighted by atomic mass is 79.9. The molecule has 7 heteroatoms. The van der Waals surface area contributed by atoms with Gasteiger partial charge in [-0.05, 0) is 58.6 Å². The van der Waals surface area contributed by atoms with Crippen LogP contribution in [0.1, 0.15) is 17.7 Å². The van der Waals surface area contributed by atoms with Crippen LogP contribution in [-0.2, 0) is 16.8 Å². The number of carbonyl (C=O) groups is 1. The van der Waals surface area contributed by atoms with Crippen LogP contribution in [0.5, 0.6) is 0 Å². The lowest BCUT2D eigenvalue weighted by molar-refractivity contribution is -0.135. The lowest BCUT2D eigenvalue weighted by Crippen LogP contribution is -2.39. The van der Waals surface area contributed by atoms with Gasteiger partial charge >= 0.3 is 0 Å². The predicted molar refractivity (Wildman–Crippen MR) is 83.6 cm³/mol. The van der Waals surface area contributed by atoms with Crippen molar-refractivity contribution in [3.8, 4) is 0 Å².